The molecule has 5 rings (SSSR count). The Kier molecular flexibility index (Phi) is 28.7. The van der Waals surface area contributed by atoms with Crippen molar-refractivity contribution in [3.63, 3.8) is 0 Å². The number of benzene rings is 4. The van der Waals surface area contributed by atoms with E-state index in [1.807, 2.05) is 0 Å². The van der Waals surface area contributed by atoms with Crippen LogP contribution in [0.25, 0.3) is 10.9 Å². The number of fused-ring (bicyclic) bond motifs is 1. The van der Waals surface area contributed by atoms with Gasteiger partial charge in [-0.25, -0.2) is 0 Å². The normalized spacial score (nSPS) is 14.0. The maximum absolute atomic E-state index is 14.4. The van der Waals surface area contributed by atoms with Crippen LogP contribution in [0.2, 0.25) is 0 Å². The molecule has 12 amide bonds. The number of carbonyl (C=O) groups is 12. The standard InChI is InChI=1S/C63H83N15O14/c1-35(2)25-46(59(88)72-44(19-11-12-24-64)58(87)73-45(55(68)84)27-36-13-5-3-6-14-36)71-54(83)33-70-57(86)47(28-37-15-7-4-8-16-37)75-63(92)51(34-79)78-62(91)50(31-53(67)82)77-60(89)48(29-39-32-69-43-18-10-9-17-41(39)43)76-61(90)49(30-52(66)81)74-56(85)42(65)26-38-20-22-40(80)23-21-38/h3-10,13-18,20-23,32,35,42,44-51,69,79-80H,11-12,19,24-31,33-34,64-65H2,1-2H3,(H2,66,81)(H2,67,82)(H2,68,84)(H,70,86)(H,71,83)(H,72,88)(H,73,87)(H,74,85)(H,75,92)(H,76,90)(H,77,89)(H,78,91)/t42-,44-,45-,46-,47-,48-,49-,50-,51-/m0/s1. The smallest absolute Gasteiger partial charge is 0.245 e. The van der Waals surface area contributed by atoms with Crippen LogP contribution in [0.3, 0.4) is 0 Å². The van der Waals surface area contributed by atoms with E-state index in [9.17, 15) is 67.7 Å². The molecule has 494 valence electrons. The van der Waals surface area contributed by atoms with Gasteiger partial charge in [0.2, 0.25) is 70.9 Å². The first-order valence-electron chi connectivity index (χ1n) is 29.9. The van der Waals surface area contributed by atoms with Gasteiger partial charge in [-0.1, -0.05) is 105 Å². The van der Waals surface area contributed by atoms with Gasteiger partial charge in [-0.2, -0.15) is 0 Å². The summed E-state index contributed by atoms with van der Waals surface area (Å²) < 4.78 is 0. The lowest BCUT2D eigenvalue weighted by atomic mass is 10.0. The summed E-state index contributed by atoms with van der Waals surface area (Å²) >= 11 is 0. The first kappa shape index (κ1) is 72.5. The predicted octanol–water partition coefficient (Wildman–Crippen LogP) is -3.13. The number of para-hydroxylation sites is 1. The average molecular weight is 1270 g/mol. The number of aromatic nitrogens is 1. The molecule has 0 aliphatic carbocycles. The minimum Gasteiger partial charge on any atom is -0.508 e. The lowest BCUT2D eigenvalue weighted by molar-refractivity contribution is -0.136. The summed E-state index contributed by atoms with van der Waals surface area (Å²) in [7, 11) is 0. The first-order valence-corrected chi connectivity index (χ1v) is 29.9. The summed E-state index contributed by atoms with van der Waals surface area (Å²) in [5.74, 6) is -11.9. The number of unbranched alkanes of at least 4 members (excludes halogenated alkanes) is 1. The minimum atomic E-state index is -1.90. The average Bonchev–Trinajstić information content (AvgIpc) is 1.77. The quantitative estimate of drug-likeness (QED) is 0.0174. The van der Waals surface area contributed by atoms with Crippen molar-refractivity contribution in [3.8, 4) is 5.75 Å². The number of aliphatic hydroxyl groups is 1. The number of nitrogens with two attached hydrogens (primary N) is 5. The molecule has 22 N–H and O–H groups in total. The van der Waals surface area contributed by atoms with E-state index in [4.69, 9.17) is 28.7 Å². The summed E-state index contributed by atoms with van der Waals surface area (Å²) in [5.41, 5.74) is 31.5. The highest BCUT2D eigenvalue weighted by atomic mass is 16.3. The molecule has 0 aliphatic heterocycles. The summed E-state index contributed by atoms with van der Waals surface area (Å²) in [6.45, 7) is 2.02. The van der Waals surface area contributed by atoms with Gasteiger partial charge in [-0.05, 0) is 85.0 Å². The van der Waals surface area contributed by atoms with Crippen molar-refractivity contribution in [2.24, 2.45) is 34.6 Å². The first-order chi connectivity index (χ1) is 43.8. The van der Waals surface area contributed by atoms with Crippen molar-refractivity contribution in [1.29, 1.82) is 0 Å². The van der Waals surface area contributed by atoms with Crippen LogP contribution in [-0.4, -0.2) is 160 Å². The fraction of sp³-hybridized carbons (Fsp3) is 0.397. The van der Waals surface area contributed by atoms with E-state index in [2.05, 4.69) is 52.8 Å². The maximum atomic E-state index is 14.4. The van der Waals surface area contributed by atoms with E-state index in [0.717, 1.165) is 5.56 Å². The molecule has 29 nitrogen and oxygen atoms in total. The summed E-state index contributed by atoms with van der Waals surface area (Å²) in [4.78, 5) is 166. The highest BCUT2D eigenvalue weighted by molar-refractivity contribution is 6.00. The van der Waals surface area contributed by atoms with Gasteiger partial charge in [0.1, 0.15) is 54.1 Å². The number of H-pyrrole nitrogens is 1. The Hall–Kier alpha value is -10.3. The number of aliphatic hydroxyl groups excluding tert-OH is 1. The van der Waals surface area contributed by atoms with Gasteiger partial charge in [0.15, 0.2) is 0 Å². The van der Waals surface area contributed by atoms with Crippen LogP contribution >= 0.6 is 0 Å². The van der Waals surface area contributed by atoms with Gasteiger partial charge < -0.3 is 91.7 Å². The molecule has 0 spiro atoms. The molecule has 0 radical (unpaired) electrons. The molecule has 5 aromatic rings. The van der Waals surface area contributed by atoms with Crippen LogP contribution in [0, 0.1) is 5.92 Å². The molecule has 9 atom stereocenters. The van der Waals surface area contributed by atoms with Gasteiger partial charge in [0.25, 0.3) is 0 Å². The van der Waals surface area contributed by atoms with Gasteiger partial charge >= 0.3 is 0 Å². The van der Waals surface area contributed by atoms with Crippen molar-refractivity contribution in [2.45, 2.75) is 132 Å². The Morgan fingerprint density at radius 3 is 1.49 bits per heavy atom. The van der Waals surface area contributed by atoms with Crippen LogP contribution in [0.5, 0.6) is 5.75 Å². The Bertz CT molecular complexity index is 3350. The second kappa shape index (κ2) is 36.4. The molecule has 4 aromatic carbocycles. The Labute approximate surface area is 530 Å². The van der Waals surface area contributed by atoms with Crippen LogP contribution < -0.4 is 76.5 Å². The minimum absolute atomic E-state index is 0.0321. The Balaban J connectivity index is 1.30. The topological polar surface area (TPSA) is 499 Å². The Morgan fingerprint density at radius 2 is 0.935 bits per heavy atom. The van der Waals surface area contributed by atoms with Crippen LogP contribution in [-0.2, 0) is 83.2 Å². The van der Waals surface area contributed by atoms with Crippen LogP contribution in [0.15, 0.2) is 115 Å². The number of aromatic amines is 1. The number of rotatable bonds is 38. The molecular weight excluding hydrogens is 1190 g/mol. The SMILES string of the molecule is CC(C)C[C@H](NC(=O)CNC(=O)[C@H](Cc1ccccc1)NC(=O)[C@H](CO)NC(=O)[C@H](CC(N)=O)NC(=O)[C@H](Cc1c[nH]c2ccccc12)NC(=O)[C@H](CC(N)=O)NC(=O)[C@@H](N)Cc1ccc(O)cc1)C(=O)N[C@@H](CCCCN)C(=O)N[C@@H](Cc1ccccc1)C(N)=O. The summed E-state index contributed by atoms with van der Waals surface area (Å²) in [5, 5.41) is 43.2. The molecule has 0 fully saturated rings. The fourth-order valence-electron chi connectivity index (χ4n) is 9.77. The number of amides is 12. The van der Waals surface area contributed by atoms with E-state index in [-0.39, 0.29) is 50.2 Å². The number of phenolic OH excluding ortho intramolecular Hbond substituents is 1. The predicted molar refractivity (Wildman–Crippen MR) is 337 cm³/mol. The zero-order valence-corrected chi connectivity index (χ0v) is 51.1. The molecule has 1 heterocycles. The number of aromatic hydroxyl groups is 1. The molecular formula is C63H83N15O14. The van der Waals surface area contributed by atoms with Crippen molar-refractivity contribution in [2.75, 3.05) is 19.7 Å². The van der Waals surface area contributed by atoms with E-state index in [1.165, 1.54) is 24.3 Å². The summed E-state index contributed by atoms with van der Waals surface area (Å²) in [6, 6.07) is 16.4. The number of hydrogen-bond acceptors (Lipinski definition) is 16. The van der Waals surface area contributed by atoms with E-state index >= 15 is 0 Å². The second-order valence-electron chi connectivity index (χ2n) is 22.5. The van der Waals surface area contributed by atoms with E-state index in [0.29, 0.717) is 47.0 Å². The third kappa shape index (κ3) is 23.9. The molecule has 0 aliphatic rings. The lowest BCUT2D eigenvalue weighted by Gasteiger charge is -2.27. The van der Waals surface area contributed by atoms with Crippen molar-refractivity contribution in [1.82, 2.24) is 52.8 Å². The fourth-order valence-corrected chi connectivity index (χ4v) is 9.77. The Morgan fingerprint density at radius 1 is 0.478 bits per heavy atom. The monoisotopic (exact) mass is 1270 g/mol. The van der Waals surface area contributed by atoms with Crippen molar-refractivity contribution < 1.29 is 67.7 Å². The van der Waals surface area contributed by atoms with E-state index in [1.54, 1.807) is 105 Å². The van der Waals surface area contributed by atoms with Crippen LogP contribution in [0.1, 0.15) is 74.6 Å². The number of primary amides is 3. The van der Waals surface area contributed by atoms with E-state index < -0.39 is 151 Å². The highest BCUT2D eigenvalue weighted by Gasteiger charge is 2.36. The van der Waals surface area contributed by atoms with Gasteiger partial charge in [0, 0.05) is 36.4 Å². The molecule has 1 aromatic heterocycles. The maximum Gasteiger partial charge on any atom is 0.245 e. The molecule has 29 heteroatoms. The zero-order valence-electron chi connectivity index (χ0n) is 51.1. The van der Waals surface area contributed by atoms with Gasteiger partial charge in [-0.15, -0.1) is 0 Å². The van der Waals surface area contributed by atoms with Crippen molar-refractivity contribution >= 4 is 81.8 Å². The van der Waals surface area contributed by atoms with Gasteiger partial charge in [0.05, 0.1) is 32.0 Å². The third-order valence-corrected chi connectivity index (χ3v) is 14.6. The highest BCUT2D eigenvalue weighted by Crippen LogP contribution is 2.20. The summed E-state index contributed by atoms with van der Waals surface area (Å²) in [6.07, 6.45) is 0.522. The van der Waals surface area contributed by atoms with Crippen molar-refractivity contribution in [3.05, 3.63) is 138 Å². The molecule has 92 heavy (non-hydrogen) atoms. The number of hydrogen-bond donors (Lipinski definition) is 17. The van der Waals surface area contributed by atoms with Gasteiger partial charge in [-0.3, -0.25) is 57.5 Å². The molecule has 0 unspecified atom stereocenters. The number of carbonyl (C=O) groups excluding carboxylic acids is 12. The third-order valence-electron chi connectivity index (χ3n) is 14.6. The molecule has 0 saturated carbocycles. The second-order valence-corrected chi connectivity index (χ2v) is 22.5. The molecule has 0 saturated heterocycles. The van der Waals surface area contributed by atoms with Crippen LogP contribution in [0.4, 0.5) is 0 Å². The number of nitrogens with one attached hydrogen (secondary N) is 10. The zero-order chi connectivity index (χ0) is 67.4. The largest absolute Gasteiger partial charge is 0.508 e. The number of phenols is 1. The molecule has 0 bridgehead atoms. The lowest BCUT2D eigenvalue weighted by Crippen LogP contribution is -2.61.